The van der Waals surface area contributed by atoms with Crippen LogP contribution in [-0.2, 0) is 11.8 Å². The third-order valence-electron chi connectivity index (χ3n) is 7.62. The van der Waals surface area contributed by atoms with Gasteiger partial charge in [0.25, 0.3) is 5.91 Å². The maximum Gasteiger partial charge on any atom is 0.319 e. The van der Waals surface area contributed by atoms with Crippen molar-refractivity contribution in [2.24, 2.45) is 5.92 Å². The van der Waals surface area contributed by atoms with Crippen molar-refractivity contribution in [3.8, 4) is 0 Å². The van der Waals surface area contributed by atoms with Crippen LogP contribution in [-0.4, -0.2) is 73.0 Å². The predicted octanol–water partition coefficient (Wildman–Crippen LogP) is 6.27. The zero-order valence-corrected chi connectivity index (χ0v) is 24.6. The summed E-state index contributed by atoms with van der Waals surface area (Å²) in [5.74, 6) is 0.535. The van der Waals surface area contributed by atoms with E-state index in [0.29, 0.717) is 17.5 Å². The zero-order valence-electron chi connectivity index (χ0n) is 24.6. The summed E-state index contributed by atoms with van der Waals surface area (Å²) in [6.45, 7) is 14.9. The van der Waals surface area contributed by atoms with Gasteiger partial charge in [-0.15, -0.1) is 0 Å². The van der Waals surface area contributed by atoms with Gasteiger partial charge in [0.15, 0.2) is 0 Å². The fourth-order valence-corrected chi connectivity index (χ4v) is 5.27. The van der Waals surface area contributed by atoms with Crippen molar-refractivity contribution >= 4 is 17.6 Å². The lowest BCUT2D eigenvalue weighted by atomic mass is 9.87. The van der Waals surface area contributed by atoms with Crippen molar-refractivity contribution in [1.82, 2.24) is 14.7 Å². The fourth-order valence-electron chi connectivity index (χ4n) is 5.27. The highest BCUT2D eigenvalue weighted by molar-refractivity contribution is 6.04. The summed E-state index contributed by atoms with van der Waals surface area (Å²) in [5, 5.41) is 3.08. The third-order valence-corrected chi connectivity index (χ3v) is 7.62. The van der Waals surface area contributed by atoms with Gasteiger partial charge < -0.3 is 20.0 Å². The first-order chi connectivity index (χ1) is 18.0. The molecule has 0 spiro atoms. The maximum atomic E-state index is 12.9. The smallest absolute Gasteiger partial charge is 0.319 e. The molecule has 3 rings (SSSR count). The topological polar surface area (TPSA) is 55.9 Å². The lowest BCUT2D eigenvalue weighted by Crippen LogP contribution is -2.46. The number of nitrogens with one attached hydrogen (secondary N) is 1. The summed E-state index contributed by atoms with van der Waals surface area (Å²) in [4.78, 5) is 31.4. The number of piperidine rings is 1. The Morgan fingerprint density at radius 3 is 2.29 bits per heavy atom. The highest BCUT2D eigenvalue weighted by Crippen LogP contribution is 2.24. The molecule has 208 valence electrons. The Morgan fingerprint density at radius 2 is 1.71 bits per heavy atom. The molecule has 38 heavy (non-hydrogen) atoms. The Balaban J connectivity index is 1.57. The number of likely N-dealkylation sites (tertiary alicyclic amines) is 1. The molecule has 0 aliphatic carbocycles. The molecule has 0 radical (unpaired) electrons. The number of carbonyl (C=O) groups is 2. The van der Waals surface area contributed by atoms with E-state index < -0.39 is 0 Å². The van der Waals surface area contributed by atoms with Crippen molar-refractivity contribution in [2.75, 3.05) is 45.6 Å². The molecule has 0 bridgehead atoms. The number of carbonyl (C=O) groups excluding carboxylic acids is 2. The molecule has 1 heterocycles. The van der Waals surface area contributed by atoms with Gasteiger partial charge in [0.1, 0.15) is 0 Å². The minimum absolute atomic E-state index is 0.0636. The van der Waals surface area contributed by atoms with Gasteiger partial charge in [-0.3, -0.25) is 4.79 Å². The van der Waals surface area contributed by atoms with Gasteiger partial charge in [-0.2, -0.15) is 0 Å². The van der Waals surface area contributed by atoms with E-state index >= 15 is 0 Å². The van der Waals surface area contributed by atoms with Crippen LogP contribution in [0.2, 0.25) is 0 Å². The van der Waals surface area contributed by atoms with Crippen molar-refractivity contribution in [3.63, 3.8) is 0 Å². The monoisotopic (exact) mass is 520 g/mol. The van der Waals surface area contributed by atoms with E-state index in [2.05, 4.69) is 57.0 Å². The van der Waals surface area contributed by atoms with Crippen LogP contribution < -0.4 is 5.32 Å². The van der Waals surface area contributed by atoms with Gasteiger partial charge in [-0.25, -0.2) is 4.79 Å². The lowest BCUT2D eigenvalue weighted by molar-refractivity contribution is 0.102. The average molecular weight is 521 g/mol. The fraction of sp³-hybridized carbons (Fsp3) is 0.562. The maximum absolute atomic E-state index is 12.9. The average Bonchev–Trinajstić information content (AvgIpc) is 2.88. The van der Waals surface area contributed by atoms with Crippen LogP contribution in [0.1, 0.15) is 75.4 Å². The second-order valence-electron chi connectivity index (χ2n) is 12.1. The van der Waals surface area contributed by atoms with Gasteiger partial charge in [0.05, 0.1) is 0 Å². The number of anilines is 1. The molecule has 1 N–H and O–H groups in total. The first kappa shape index (κ1) is 29.7. The quantitative estimate of drug-likeness (QED) is 0.424. The summed E-state index contributed by atoms with van der Waals surface area (Å²) in [6.07, 6.45) is 4.17. The number of hydrogen-bond acceptors (Lipinski definition) is 3. The Hall–Kier alpha value is -2.86. The van der Waals surface area contributed by atoms with E-state index in [4.69, 9.17) is 0 Å². The van der Waals surface area contributed by atoms with E-state index in [1.165, 1.54) is 11.1 Å². The molecule has 1 fully saturated rings. The molecular formula is C32H48N4O2. The van der Waals surface area contributed by atoms with Gasteiger partial charge in [-0.1, -0.05) is 52.0 Å². The summed E-state index contributed by atoms with van der Waals surface area (Å²) in [5.41, 5.74) is 4.01. The molecule has 3 amide bonds. The normalized spacial score (nSPS) is 15.4. The van der Waals surface area contributed by atoms with E-state index in [1.54, 1.807) is 4.90 Å². The number of urea groups is 1. The molecule has 1 atom stereocenters. The van der Waals surface area contributed by atoms with Gasteiger partial charge in [-0.05, 0) is 85.9 Å². The van der Waals surface area contributed by atoms with Crippen molar-refractivity contribution in [3.05, 3.63) is 65.2 Å². The molecule has 0 aromatic heterocycles. The molecule has 1 aliphatic heterocycles. The number of benzene rings is 2. The summed E-state index contributed by atoms with van der Waals surface area (Å²) in [7, 11) is 3.65. The zero-order chi connectivity index (χ0) is 27.9. The SMILES string of the molecule is CCCN(CC1CCN(C(=O)N(C)C)CC1)C(C)Cc1cccc(NC(=O)c2ccc(C(C)(C)C)cc2)c1. The van der Waals surface area contributed by atoms with Crippen LogP contribution >= 0.6 is 0 Å². The van der Waals surface area contributed by atoms with E-state index in [1.807, 2.05) is 55.4 Å². The molecule has 2 aromatic rings. The van der Waals surface area contributed by atoms with Crippen molar-refractivity contribution in [1.29, 1.82) is 0 Å². The molecule has 6 heteroatoms. The first-order valence-electron chi connectivity index (χ1n) is 14.2. The van der Waals surface area contributed by atoms with Crippen LogP contribution in [0.15, 0.2) is 48.5 Å². The first-order valence-corrected chi connectivity index (χ1v) is 14.2. The van der Waals surface area contributed by atoms with Crippen LogP contribution in [0, 0.1) is 5.92 Å². The molecule has 6 nitrogen and oxygen atoms in total. The Morgan fingerprint density at radius 1 is 1.05 bits per heavy atom. The Kier molecular flexibility index (Phi) is 10.4. The second kappa shape index (κ2) is 13.3. The summed E-state index contributed by atoms with van der Waals surface area (Å²) >= 11 is 0. The molecule has 1 unspecified atom stereocenters. The summed E-state index contributed by atoms with van der Waals surface area (Å²) in [6, 6.07) is 16.7. The largest absolute Gasteiger partial charge is 0.331 e. The minimum atomic E-state index is -0.0812. The van der Waals surface area contributed by atoms with Crippen LogP contribution in [0.3, 0.4) is 0 Å². The third kappa shape index (κ3) is 8.32. The van der Waals surface area contributed by atoms with E-state index in [0.717, 1.165) is 57.5 Å². The molecule has 1 saturated heterocycles. The van der Waals surface area contributed by atoms with Crippen LogP contribution in [0.25, 0.3) is 0 Å². The highest BCUT2D eigenvalue weighted by atomic mass is 16.2. The van der Waals surface area contributed by atoms with E-state index in [9.17, 15) is 9.59 Å². The molecule has 0 saturated carbocycles. The van der Waals surface area contributed by atoms with Gasteiger partial charge >= 0.3 is 6.03 Å². The van der Waals surface area contributed by atoms with Gasteiger partial charge in [0, 0.05) is 51.0 Å². The van der Waals surface area contributed by atoms with Gasteiger partial charge in [0.2, 0.25) is 0 Å². The number of amides is 3. The summed E-state index contributed by atoms with van der Waals surface area (Å²) < 4.78 is 0. The highest BCUT2D eigenvalue weighted by Gasteiger charge is 2.26. The van der Waals surface area contributed by atoms with E-state index in [-0.39, 0.29) is 17.4 Å². The molecule has 1 aliphatic rings. The second-order valence-corrected chi connectivity index (χ2v) is 12.1. The molecular weight excluding hydrogens is 472 g/mol. The number of rotatable bonds is 9. The predicted molar refractivity (Wildman–Crippen MR) is 158 cm³/mol. The molecule has 2 aromatic carbocycles. The van der Waals surface area contributed by atoms with Crippen LogP contribution in [0.4, 0.5) is 10.5 Å². The number of hydrogen-bond donors (Lipinski definition) is 1. The standard InChI is InChI=1S/C32H48N4O2/c1-8-18-36(23-25-16-19-35(20-17-25)31(38)34(6)7)24(2)21-26-10-9-11-29(22-26)33-30(37)27-12-14-28(15-13-27)32(3,4)5/h9-15,22,24-25H,8,16-21,23H2,1-7H3,(H,33,37). The van der Waals surface area contributed by atoms with Crippen molar-refractivity contribution < 1.29 is 9.59 Å². The van der Waals surface area contributed by atoms with Crippen LogP contribution in [0.5, 0.6) is 0 Å². The minimum Gasteiger partial charge on any atom is -0.331 e. The Bertz CT molecular complexity index is 1050. The van der Waals surface area contributed by atoms with Crippen molar-refractivity contribution in [2.45, 2.75) is 71.8 Å². The number of nitrogens with zero attached hydrogens (tertiary/aromatic N) is 3. The Labute approximate surface area is 230 Å². The lowest BCUT2D eigenvalue weighted by Gasteiger charge is -2.37.